The van der Waals surface area contributed by atoms with Gasteiger partial charge in [-0.1, -0.05) is 6.07 Å². The van der Waals surface area contributed by atoms with Gasteiger partial charge in [0.05, 0.1) is 6.54 Å². The molecule has 120 valence electrons. The molecule has 0 aromatic carbocycles. The van der Waals surface area contributed by atoms with Crippen LogP contribution >= 0.6 is 11.3 Å². The number of rotatable bonds is 6. The summed E-state index contributed by atoms with van der Waals surface area (Å²) in [4.78, 5) is 11.2. The SMILES string of the molecule is CCn1ccnc1CN1CCN(CCc2cccs2)CC1C. The first kappa shape index (κ1) is 15.7. The maximum Gasteiger partial charge on any atom is 0.122 e. The summed E-state index contributed by atoms with van der Waals surface area (Å²) in [6.07, 6.45) is 5.18. The van der Waals surface area contributed by atoms with Crippen LogP contribution in [0.2, 0.25) is 0 Å². The van der Waals surface area contributed by atoms with Crippen LogP contribution < -0.4 is 0 Å². The standard InChI is InChI=1S/C17H26N4S/c1-3-20-9-7-18-17(20)14-21-11-10-19(13-15(21)2)8-6-16-5-4-12-22-16/h4-5,7,9,12,15H,3,6,8,10-11,13-14H2,1-2H3. The highest BCUT2D eigenvalue weighted by Crippen LogP contribution is 2.15. The molecule has 1 fully saturated rings. The van der Waals surface area contributed by atoms with Gasteiger partial charge in [0.25, 0.3) is 0 Å². The fraction of sp³-hybridized carbons (Fsp3) is 0.588. The summed E-state index contributed by atoms with van der Waals surface area (Å²) < 4.78 is 2.25. The molecule has 0 aliphatic carbocycles. The minimum Gasteiger partial charge on any atom is -0.334 e. The molecule has 0 saturated carbocycles. The van der Waals surface area contributed by atoms with Crippen molar-refractivity contribution in [2.75, 3.05) is 26.2 Å². The fourth-order valence-corrected chi connectivity index (χ4v) is 3.89. The second kappa shape index (κ2) is 7.40. The van der Waals surface area contributed by atoms with E-state index in [1.165, 1.54) is 30.2 Å². The Labute approximate surface area is 137 Å². The molecule has 1 aliphatic heterocycles. The largest absolute Gasteiger partial charge is 0.334 e. The Morgan fingerprint density at radius 2 is 2.27 bits per heavy atom. The van der Waals surface area contributed by atoms with Gasteiger partial charge >= 0.3 is 0 Å². The van der Waals surface area contributed by atoms with Crippen molar-refractivity contribution in [2.45, 2.75) is 39.4 Å². The summed E-state index contributed by atoms with van der Waals surface area (Å²) in [5.74, 6) is 1.20. The average molecular weight is 318 g/mol. The molecule has 0 N–H and O–H groups in total. The average Bonchev–Trinajstić information content (AvgIpc) is 3.18. The maximum absolute atomic E-state index is 4.51. The molecule has 0 spiro atoms. The van der Waals surface area contributed by atoms with E-state index in [1.807, 2.05) is 17.5 Å². The molecular formula is C17H26N4S. The van der Waals surface area contributed by atoms with Crippen LogP contribution in [-0.2, 0) is 19.5 Å². The summed E-state index contributed by atoms with van der Waals surface area (Å²) in [6, 6.07) is 4.99. The Morgan fingerprint density at radius 1 is 1.36 bits per heavy atom. The smallest absolute Gasteiger partial charge is 0.122 e. The van der Waals surface area contributed by atoms with Gasteiger partial charge in [-0.3, -0.25) is 4.90 Å². The zero-order valence-corrected chi connectivity index (χ0v) is 14.4. The van der Waals surface area contributed by atoms with Crippen molar-refractivity contribution in [1.82, 2.24) is 19.4 Å². The number of hydrogen-bond acceptors (Lipinski definition) is 4. The molecule has 0 bridgehead atoms. The van der Waals surface area contributed by atoms with Crippen molar-refractivity contribution in [3.63, 3.8) is 0 Å². The Balaban J connectivity index is 1.49. The minimum atomic E-state index is 0.596. The molecule has 1 unspecified atom stereocenters. The van der Waals surface area contributed by atoms with Crippen LogP contribution in [0.15, 0.2) is 29.9 Å². The lowest BCUT2D eigenvalue weighted by Gasteiger charge is -2.39. The molecule has 2 aromatic rings. The van der Waals surface area contributed by atoms with E-state index >= 15 is 0 Å². The van der Waals surface area contributed by atoms with E-state index in [1.54, 1.807) is 0 Å². The summed E-state index contributed by atoms with van der Waals surface area (Å²) in [5.41, 5.74) is 0. The zero-order chi connectivity index (χ0) is 15.4. The summed E-state index contributed by atoms with van der Waals surface area (Å²) in [7, 11) is 0. The van der Waals surface area contributed by atoms with Gasteiger partial charge < -0.3 is 9.47 Å². The number of imidazole rings is 1. The highest BCUT2D eigenvalue weighted by atomic mass is 32.1. The van der Waals surface area contributed by atoms with Crippen molar-refractivity contribution in [3.05, 3.63) is 40.6 Å². The van der Waals surface area contributed by atoms with Crippen LogP contribution in [0.5, 0.6) is 0 Å². The first-order valence-corrected chi connectivity index (χ1v) is 9.13. The van der Waals surface area contributed by atoms with Gasteiger partial charge in [-0.2, -0.15) is 0 Å². The van der Waals surface area contributed by atoms with Gasteiger partial charge in [-0.15, -0.1) is 11.3 Å². The number of hydrogen-bond donors (Lipinski definition) is 0. The molecule has 5 heteroatoms. The molecule has 0 radical (unpaired) electrons. The molecule has 1 atom stereocenters. The van der Waals surface area contributed by atoms with Gasteiger partial charge in [0, 0.05) is 56.0 Å². The number of piperazine rings is 1. The molecule has 0 amide bonds. The highest BCUT2D eigenvalue weighted by Gasteiger charge is 2.24. The summed E-state index contributed by atoms with van der Waals surface area (Å²) in [6.45, 7) is 11.2. The van der Waals surface area contributed by atoms with Crippen LogP contribution in [0.1, 0.15) is 24.5 Å². The topological polar surface area (TPSA) is 24.3 Å². The van der Waals surface area contributed by atoms with Crippen molar-refractivity contribution in [2.24, 2.45) is 0 Å². The number of aromatic nitrogens is 2. The molecule has 3 heterocycles. The molecular weight excluding hydrogens is 292 g/mol. The normalized spacial score (nSPS) is 20.5. The third kappa shape index (κ3) is 3.77. The van der Waals surface area contributed by atoms with E-state index < -0.39 is 0 Å². The Morgan fingerprint density at radius 3 is 3.00 bits per heavy atom. The number of thiophene rings is 1. The summed E-state index contributed by atoms with van der Waals surface area (Å²) >= 11 is 1.87. The lowest BCUT2D eigenvalue weighted by molar-refractivity contribution is 0.0757. The highest BCUT2D eigenvalue weighted by molar-refractivity contribution is 7.09. The fourth-order valence-electron chi connectivity index (χ4n) is 3.19. The molecule has 4 nitrogen and oxygen atoms in total. The minimum absolute atomic E-state index is 0.596. The number of nitrogens with zero attached hydrogens (tertiary/aromatic N) is 4. The predicted octanol–water partition coefficient (Wildman–Crippen LogP) is 2.71. The Hall–Kier alpha value is -1.17. The van der Waals surface area contributed by atoms with E-state index in [-0.39, 0.29) is 0 Å². The van der Waals surface area contributed by atoms with Crippen LogP contribution in [0.4, 0.5) is 0 Å². The third-order valence-corrected chi connectivity index (χ3v) is 5.53. The van der Waals surface area contributed by atoms with E-state index in [4.69, 9.17) is 0 Å². The second-order valence-corrected chi connectivity index (χ2v) is 7.11. The van der Waals surface area contributed by atoms with Gasteiger partial charge in [0.1, 0.15) is 5.82 Å². The lowest BCUT2D eigenvalue weighted by Crippen LogP contribution is -2.51. The van der Waals surface area contributed by atoms with Gasteiger partial charge in [-0.05, 0) is 31.7 Å². The quantitative estimate of drug-likeness (QED) is 0.818. The van der Waals surface area contributed by atoms with Crippen molar-refractivity contribution < 1.29 is 0 Å². The van der Waals surface area contributed by atoms with Crippen LogP contribution in [0.3, 0.4) is 0 Å². The molecule has 22 heavy (non-hydrogen) atoms. The van der Waals surface area contributed by atoms with Crippen LogP contribution in [0.25, 0.3) is 0 Å². The molecule has 1 aliphatic rings. The first-order chi connectivity index (χ1) is 10.8. The van der Waals surface area contributed by atoms with Gasteiger partial charge in [0.2, 0.25) is 0 Å². The number of aryl methyl sites for hydroxylation is 1. The van der Waals surface area contributed by atoms with Gasteiger partial charge in [-0.25, -0.2) is 4.98 Å². The van der Waals surface area contributed by atoms with Crippen molar-refractivity contribution in [3.8, 4) is 0 Å². The molecule has 3 rings (SSSR count). The van der Waals surface area contributed by atoms with Gasteiger partial charge in [0.15, 0.2) is 0 Å². The Bertz CT molecular complexity index is 563. The van der Waals surface area contributed by atoms with E-state index in [0.717, 1.165) is 26.2 Å². The first-order valence-electron chi connectivity index (χ1n) is 8.25. The maximum atomic E-state index is 4.51. The summed E-state index contributed by atoms with van der Waals surface area (Å²) in [5, 5.41) is 2.17. The van der Waals surface area contributed by atoms with Crippen molar-refractivity contribution >= 4 is 11.3 Å². The van der Waals surface area contributed by atoms with Crippen LogP contribution in [0, 0.1) is 0 Å². The predicted molar refractivity (Wildman–Crippen MR) is 92.2 cm³/mol. The van der Waals surface area contributed by atoms with Crippen LogP contribution in [-0.4, -0.2) is 51.6 Å². The Kier molecular flexibility index (Phi) is 5.28. The zero-order valence-electron chi connectivity index (χ0n) is 13.6. The monoisotopic (exact) mass is 318 g/mol. The van der Waals surface area contributed by atoms with E-state index in [9.17, 15) is 0 Å². The van der Waals surface area contributed by atoms with E-state index in [0.29, 0.717) is 6.04 Å². The third-order valence-electron chi connectivity index (χ3n) is 4.59. The van der Waals surface area contributed by atoms with E-state index in [2.05, 4.69) is 56.9 Å². The van der Waals surface area contributed by atoms with Crippen molar-refractivity contribution in [1.29, 1.82) is 0 Å². The lowest BCUT2D eigenvalue weighted by atomic mass is 10.1. The second-order valence-electron chi connectivity index (χ2n) is 6.08. The molecule has 1 saturated heterocycles. The molecule has 2 aromatic heterocycles.